The molecule has 1 amide bonds. The number of carbonyl (C=O) groups excluding carboxylic acids is 1. The average molecular weight is 394 g/mol. The zero-order valence-corrected chi connectivity index (χ0v) is 18.2. The van der Waals surface area contributed by atoms with E-state index in [0.717, 1.165) is 6.26 Å². The van der Waals surface area contributed by atoms with Crippen molar-refractivity contribution in [3.8, 4) is 0 Å². The van der Waals surface area contributed by atoms with Gasteiger partial charge in [-0.3, -0.25) is 4.99 Å². The summed E-state index contributed by atoms with van der Waals surface area (Å²) in [7, 11) is -1.70. The molecule has 0 heterocycles. The summed E-state index contributed by atoms with van der Waals surface area (Å²) >= 11 is 0. The molecule has 0 spiro atoms. The summed E-state index contributed by atoms with van der Waals surface area (Å²) in [6.45, 7) is 13.4. The number of carbonyl (C=O) groups is 1. The van der Waals surface area contributed by atoms with Crippen LogP contribution in [0.15, 0.2) is 4.99 Å². The van der Waals surface area contributed by atoms with Gasteiger partial charge >= 0.3 is 6.09 Å². The second kappa shape index (κ2) is 8.90. The minimum atomic E-state index is -3.31. The van der Waals surface area contributed by atoms with Crippen molar-refractivity contribution in [2.24, 2.45) is 4.99 Å². The standard InChI is InChI=1S/C16H35N5O4S/c1-14(2,3)25-13(22)20-15(4,5)10-18-12(17-8)19-11-16(6,7)21-26(9,23)24/h21H,10-11H2,1-9H3,(H,20,22)(H2,17,18,19). The Balaban J connectivity index is 4.59. The lowest BCUT2D eigenvalue weighted by molar-refractivity contribution is 0.0474. The molecule has 0 atom stereocenters. The molecule has 0 rings (SSSR count). The Labute approximate surface area is 157 Å². The highest BCUT2D eigenvalue weighted by molar-refractivity contribution is 7.88. The Morgan fingerprint density at radius 2 is 1.42 bits per heavy atom. The van der Waals surface area contributed by atoms with Gasteiger partial charge in [-0.15, -0.1) is 0 Å². The van der Waals surface area contributed by atoms with Crippen molar-refractivity contribution < 1.29 is 17.9 Å². The van der Waals surface area contributed by atoms with Gasteiger partial charge in [0.2, 0.25) is 10.0 Å². The smallest absolute Gasteiger partial charge is 0.408 e. The second-order valence-corrected chi connectivity index (χ2v) is 10.3. The van der Waals surface area contributed by atoms with E-state index in [4.69, 9.17) is 4.74 Å². The van der Waals surface area contributed by atoms with Gasteiger partial charge < -0.3 is 20.7 Å². The molecule has 0 aliphatic heterocycles. The number of nitrogens with zero attached hydrogens (tertiary/aromatic N) is 1. The Hall–Kier alpha value is -1.55. The van der Waals surface area contributed by atoms with E-state index in [1.165, 1.54) is 0 Å². The summed E-state index contributed by atoms with van der Waals surface area (Å²) in [5.41, 5.74) is -1.83. The van der Waals surface area contributed by atoms with Crippen LogP contribution in [0.4, 0.5) is 4.79 Å². The molecule has 0 radical (unpaired) electrons. The fourth-order valence-corrected chi connectivity index (χ4v) is 3.07. The molecule has 0 aromatic rings. The van der Waals surface area contributed by atoms with Gasteiger partial charge in [0.05, 0.1) is 11.8 Å². The normalized spacial score (nSPS) is 14.0. The van der Waals surface area contributed by atoms with Gasteiger partial charge in [-0.1, -0.05) is 0 Å². The zero-order chi connectivity index (χ0) is 20.8. The van der Waals surface area contributed by atoms with Crippen molar-refractivity contribution >= 4 is 22.1 Å². The summed E-state index contributed by atoms with van der Waals surface area (Å²) < 4.78 is 30.6. The quantitative estimate of drug-likeness (QED) is 0.375. The van der Waals surface area contributed by atoms with E-state index < -0.39 is 32.8 Å². The lowest BCUT2D eigenvalue weighted by atomic mass is 10.1. The lowest BCUT2D eigenvalue weighted by Gasteiger charge is -2.30. The van der Waals surface area contributed by atoms with Gasteiger partial charge in [0.1, 0.15) is 5.60 Å². The number of nitrogens with one attached hydrogen (secondary N) is 4. The number of aliphatic imine (C=N–C) groups is 1. The van der Waals surface area contributed by atoms with Gasteiger partial charge in [-0.05, 0) is 48.5 Å². The summed E-state index contributed by atoms with van der Waals surface area (Å²) in [6, 6.07) is 0. The molecule has 26 heavy (non-hydrogen) atoms. The number of hydrogen-bond acceptors (Lipinski definition) is 5. The number of sulfonamides is 1. The van der Waals surface area contributed by atoms with Crippen molar-refractivity contribution in [1.82, 2.24) is 20.7 Å². The molecule has 0 aliphatic carbocycles. The molecular weight excluding hydrogens is 358 g/mol. The van der Waals surface area contributed by atoms with Crippen LogP contribution < -0.4 is 20.7 Å². The Morgan fingerprint density at radius 3 is 1.81 bits per heavy atom. The molecular formula is C16H35N5O4S. The van der Waals surface area contributed by atoms with E-state index in [0.29, 0.717) is 19.0 Å². The first kappa shape index (κ1) is 24.5. The highest BCUT2D eigenvalue weighted by Gasteiger charge is 2.26. The highest BCUT2D eigenvalue weighted by Crippen LogP contribution is 2.09. The SMILES string of the molecule is CN=C(NCC(C)(C)NC(=O)OC(C)(C)C)NCC(C)(C)NS(C)(=O)=O. The summed E-state index contributed by atoms with van der Waals surface area (Å²) in [4.78, 5) is 16.0. The van der Waals surface area contributed by atoms with Gasteiger partial charge in [0.15, 0.2) is 5.96 Å². The van der Waals surface area contributed by atoms with E-state index >= 15 is 0 Å². The molecule has 4 N–H and O–H groups in total. The topological polar surface area (TPSA) is 121 Å². The highest BCUT2D eigenvalue weighted by atomic mass is 32.2. The van der Waals surface area contributed by atoms with E-state index in [2.05, 4.69) is 25.7 Å². The zero-order valence-electron chi connectivity index (χ0n) is 17.4. The van der Waals surface area contributed by atoms with Crippen LogP contribution in [0.5, 0.6) is 0 Å². The summed E-state index contributed by atoms with van der Waals surface area (Å²) in [5.74, 6) is 0.493. The first-order valence-corrected chi connectivity index (χ1v) is 10.3. The van der Waals surface area contributed by atoms with Crippen LogP contribution in [0.2, 0.25) is 0 Å². The first-order valence-electron chi connectivity index (χ1n) is 8.39. The molecule has 0 unspecified atom stereocenters. The lowest BCUT2D eigenvalue weighted by Crippen LogP contribution is -2.56. The number of amides is 1. The Kier molecular flexibility index (Phi) is 8.37. The maximum Gasteiger partial charge on any atom is 0.408 e. The molecule has 154 valence electrons. The van der Waals surface area contributed by atoms with Crippen LogP contribution >= 0.6 is 0 Å². The van der Waals surface area contributed by atoms with Gasteiger partial charge in [-0.2, -0.15) is 0 Å². The van der Waals surface area contributed by atoms with Gasteiger partial charge in [-0.25, -0.2) is 17.9 Å². The third-order valence-corrected chi connectivity index (χ3v) is 3.84. The van der Waals surface area contributed by atoms with Gasteiger partial charge in [0, 0.05) is 25.7 Å². The third-order valence-electron chi connectivity index (χ3n) is 2.92. The van der Waals surface area contributed by atoms with Crippen molar-refractivity contribution in [2.75, 3.05) is 26.4 Å². The molecule has 0 aromatic carbocycles. The summed E-state index contributed by atoms with van der Waals surface area (Å²) in [6.07, 6.45) is 0.623. The molecule has 0 aliphatic rings. The Bertz CT molecular complexity index is 607. The number of hydrogen-bond donors (Lipinski definition) is 4. The average Bonchev–Trinajstić information content (AvgIpc) is 2.32. The largest absolute Gasteiger partial charge is 0.444 e. The van der Waals surface area contributed by atoms with E-state index in [-0.39, 0.29) is 0 Å². The van der Waals surface area contributed by atoms with Crippen molar-refractivity contribution in [2.45, 2.75) is 65.1 Å². The van der Waals surface area contributed by atoms with Crippen LogP contribution in [0, 0.1) is 0 Å². The molecule has 0 fully saturated rings. The predicted octanol–water partition coefficient (Wildman–Crippen LogP) is 0.783. The van der Waals surface area contributed by atoms with Gasteiger partial charge in [0.25, 0.3) is 0 Å². The molecule has 0 bridgehead atoms. The maximum absolute atomic E-state index is 11.9. The molecule has 0 saturated heterocycles. The van der Waals surface area contributed by atoms with Crippen LogP contribution in [-0.4, -0.2) is 63.5 Å². The van der Waals surface area contributed by atoms with Crippen molar-refractivity contribution in [3.63, 3.8) is 0 Å². The number of ether oxygens (including phenoxy) is 1. The fraction of sp³-hybridized carbons (Fsp3) is 0.875. The first-order chi connectivity index (χ1) is 11.4. The number of rotatable bonds is 7. The minimum absolute atomic E-state index is 0.333. The maximum atomic E-state index is 11.9. The van der Waals surface area contributed by atoms with Crippen LogP contribution in [-0.2, 0) is 14.8 Å². The third kappa shape index (κ3) is 12.8. The van der Waals surface area contributed by atoms with E-state index in [9.17, 15) is 13.2 Å². The predicted molar refractivity (Wildman–Crippen MR) is 105 cm³/mol. The van der Waals surface area contributed by atoms with Crippen molar-refractivity contribution in [1.29, 1.82) is 0 Å². The summed E-state index contributed by atoms with van der Waals surface area (Å²) in [5, 5.41) is 8.97. The molecule has 0 aromatic heterocycles. The monoisotopic (exact) mass is 393 g/mol. The van der Waals surface area contributed by atoms with E-state index in [1.54, 1.807) is 41.7 Å². The van der Waals surface area contributed by atoms with Crippen LogP contribution in [0.1, 0.15) is 48.5 Å². The van der Waals surface area contributed by atoms with Crippen LogP contribution in [0.25, 0.3) is 0 Å². The Morgan fingerprint density at radius 1 is 0.962 bits per heavy atom. The fourth-order valence-electron chi connectivity index (χ4n) is 1.99. The second-order valence-electron chi connectivity index (χ2n) is 8.55. The number of guanidine groups is 1. The van der Waals surface area contributed by atoms with E-state index in [1.807, 2.05) is 13.8 Å². The number of alkyl carbamates (subject to hydrolysis) is 1. The minimum Gasteiger partial charge on any atom is -0.444 e. The van der Waals surface area contributed by atoms with Crippen LogP contribution in [0.3, 0.4) is 0 Å². The molecule has 9 nitrogen and oxygen atoms in total. The van der Waals surface area contributed by atoms with Crippen molar-refractivity contribution in [3.05, 3.63) is 0 Å². The molecule has 10 heteroatoms. The molecule has 0 saturated carbocycles.